The number of aromatic amines is 1. The van der Waals surface area contributed by atoms with Crippen molar-refractivity contribution in [3.05, 3.63) is 71.4 Å². The molecule has 0 unspecified atom stereocenters. The van der Waals surface area contributed by atoms with E-state index in [1.165, 1.54) is 5.06 Å². The number of para-hydroxylation sites is 1. The molecule has 6 rings (SSSR count). The second kappa shape index (κ2) is 27.7. The van der Waals surface area contributed by atoms with E-state index in [-0.39, 0.29) is 84.7 Å². The molecule has 18 heteroatoms. The first-order chi connectivity index (χ1) is 36.7. The number of nitrogens with one attached hydrogen (secondary N) is 1. The van der Waals surface area contributed by atoms with Crippen molar-refractivity contribution in [3.8, 4) is 0 Å². The minimum absolute atomic E-state index is 0.00645. The molecule has 3 saturated heterocycles. The molecule has 0 bridgehead atoms. The van der Waals surface area contributed by atoms with Crippen LogP contribution in [-0.2, 0) is 65.7 Å². The van der Waals surface area contributed by atoms with Crippen molar-refractivity contribution in [2.24, 2.45) is 35.5 Å². The zero-order valence-corrected chi connectivity index (χ0v) is 47.3. The highest BCUT2D eigenvalue weighted by atomic mass is 16.7. The predicted molar refractivity (Wildman–Crippen MR) is 289 cm³/mol. The summed E-state index contributed by atoms with van der Waals surface area (Å²) in [5.74, 6) is -5.17. The monoisotopic (exact) mass is 1070 g/mol. The number of aromatic nitrogens is 1. The highest BCUT2D eigenvalue weighted by Crippen LogP contribution is 2.33. The summed E-state index contributed by atoms with van der Waals surface area (Å²) in [6.45, 7) is 15.4. The van der Waals surface area contributed by atoms with Gasteiger partial charge in [-0.05, 0) is 86.2 Å². The summed E-state index contributed by atoms with van der Waals surface area (Å²) in [5.41, 5.74) is 2.87. The van der Waals surface area contributed by atoms with Gasteiger partial charge in [-0.15, -0.1) is 5.06 Å². The fourth-order valence-corrected chi connectivity index (χ4v) is 11.8. The van der Waals surface area contributed by atoms with Gasteiger partial charge in [0.05, 0.1) is 54.8 Å². The molecule has 3 fully saturated rings. The number of carbonyl (C=O) groups excluding carboxylic acids is 8. The molecule has 0 radical (unpaired) electrons. The lowest BCUT2D eigenvalue weighted by atomic mass is 9.83. The van der Waals surface area contributed by atoms with Gasteiger partial charge in [0.1, 0.15) is 5.78 Å². The molecule has 422 valence electrons. The third kappa shape index (κ3) is 14.7. The van der Waals surface area contributed by atoms with Crippen molar-refractivity contribution in [3.63, 3.8) is 0 Å². The second-order valence-corrected chi connectivity index (χ2v) is 22.3. The molecule has 5 amide bonds. The minimum Gasteiger partial charge on any atom is -0.379 e. The van der Waals surface area contributed by atoms with E-state index in [4.69, 9.17) is 19.1 Å². The molecule has 9 atom stereocenters. The van der Waals surface area contributed by atoms with Gasteiger partial charge in [-0.2, -0.15) is 0 Å². The first-order valence-corrected chi connectivity index (χ1v) is 27.7. The van der Waals surface area contributed by atoms with E-state index in [9.17, 15) is 38.4 Å². The summed E-state index contributed by atoms with van der Waals surface area (Å²) in [6, 6.07) is 13.0. The van der Waals surface area contributed by atoms with Crippen molar-refractivity contribution in [2.75, 3.05) is 48.0 Å². The number of hydrogen-bond acceptors (Lipinski definition) is 13. The molecular weight excluding hydrogens is 985 g/mol. The van der Waals surface area contributed by atoms with E-state index < -0.39 is 65.9 Å². The van der Waals surface area contributed by atoms with Crippen LogP contribution in [0.15, 0.2) is 54.7 Å². The standard InChI is InChI=1S/C59H84N6O12/c1-12-38(6)55(62(9)58(72)45(36(2)3)32-49(67)54(37(4)5)61(8)35-40-21-23-41(24-22-40)59(73)77-65-51(68)25-26-52(65)69)50(74-10)33-53(70)63-27-17-20-47(63)56(75-11)39(7)48(66)31-42(57(71)64-28-15-16-29-76-64)30-43-34-60-46-19-14-13-18-44(43)46/h13-14,18-19,21-24,34,36-39,42,45,47,50,54-56,60H,12,15-17,20,25-33,35H2,1-11H3/t38-,39-,42+,45-,47-,50+,54-,55-,56+/m0/s1. The molecule has 2 aromatic carbocycles. The van der Waals surface area contributed by atoms with Gasteiger partial charge in [-0.25, -0.2) is 9.86 Å². The minimum atomic E-state index is -0.828. The Morgan fingerprint density at radius 3 is 2.10 bits per heavy atom. The number of rotatable bonds is 27. The molecule has 1 N–H and O–H groups in total. The maximum absolute atomic E-state index is 14.9. The Balaban J connectivity index is 1.11. The van der Waals surface area contributed by atoms with Gasteiger partial charge >= 0.3 is 5.97 Å². The van der Waals surface area contributed by atoms with Crippen LogP contribution in [0.5, 0.6) is 0 Å². The number of ether oxygens (including phenoxy) is 2. The number of nitrogens with zero attached hydrogens (tertiary/aromatic N) is 5. The quantitative estimate of drug-likeness (QED) is 0.0742. The molecule has 77 heavy (non-hydrogen) atoms. The zero-order valence-electron chi connectivity index (χ0n) is 47.3. The number of methoxy groups -OCH3 is 2. The molecule has 3 aliphatic heterocycles. The number of benzene rings is 2. The lowest BCUT2D eigenvalue weighted by molar-refractivity contribution is -0.201. The molecule has 0 spiro atoms. The predicted octanol–water partition coefficient (Wildman–Crippen LogP) is 7.37. The van der Waals surface area contributed by atoms with Crippen LogP contribution in [0.4, 0.5) is 0 Å². The van der Waals surface area contributed by atoms with Crippen molar-refractivity contribution in [1.29, 1.82) is 0 Å². The van der Waals surface area contributed by atoms with E-state index in [1.807, 2.05) is 90.9 Å². The number of carbonyl (C=O) groups is 8. The number of Topliss-reactive ketones (excluding diaryl/α,β-unsaturated/α-hetero) is 2. The Hall–Kier alpha value is -5.82. The summed E-state index contributed by atoms with van der Waals surface area (Å²) in [5, 5.41) is 2.93. The van der Waals surface area contributed by atoms with Gasteiger partial charge in [-0.1, -0.05) is 85.2 Å². The summed E-state index contributed by atoms with van der Waals surface area (Å²) in [7, 11) is 6.71. The molecule has 3 aliphatic rings. The molecule has 3 aromatic rings. The summed E-state index contributed by atoms with van der Waals surface area (Å²) >= 11 is 0. The molecule has 4 heterocycles. The number of H-pyrrole nitrogens is 1. The Kier molecular flexibility index (Phi) is 21.7. The third-order valence-electron chi connectivity index (χ3n) is 16.3. The van der Waals surface area contributed by atoms with Crippen molar-refractivity contribution in [2.45, 2.75) is 156 Å². The van der Waals surface area contributed by atoms with Crippen LogP contribution in [0, 0.1) is 35.5 Å². The Morgan fingerprint density at radius 2 is 1.49 bits per heavy atom. The van der Waals surface area contributed by atoms with E-state index in [0.29, 0.717) is 57.0 Å². The fraction of sp³-hybridized carbons (Fsp3) is 0.627. The molecule has 0 aliphatic carbocycles. The van der Waals surface area contributed by atoms with Crippen LogP contribution in [0.1, 0.15) is 134 Å². The van der Waals surface area contributed by atoms with Gasteiger partial charge < -0.3 is 29.1 Å². The summed E-state index contributed by atoms with van der Waals surface area (Å²) in [4.78, 5) is 129. The molecule has 1 aromatic heterocycles. The number of hydroxylamine groups is 4. The van der Waals surface area contributed by atoms with E-state index in [1.54, 1.807) is 55.3 Å². The van der Waals surface area contributed by atoms with E-state index >= 15 is 0 Å². The maximum atomic E-state index is 14.9. The van der Waals surface area contributed by atoms with Crippen LogP contribution >= 0.6 is 0 Å². The fourth-order valence-electron chi connectivity index (χ4n) is 11.8. The average molecular weight is 1070 g/mol. The van der Waals surface area contributed by atoms with Gasteiger partial charge in [0.15, 0.2) is 5.78 Å². The molecule has 0 saturated carbocycles. The van der Waals surface area contributed by atoms with Crippen LogP contribution in [0.25, 0.3) is 10.9 Å². The van der Waals surface area contributed by atoms with Gasteiger partial charge in [-0.3, -0.25) is 43.3 Å². The van der Waals surface area contributed by atoms with E-state index in [2.05, 4.69) is 4.98 Å². The SMILES string of the molecule is CC[C@H](C)[C@@H]([C@@H](CC(=O)N1CCC[C@H]1[C@H](OC)[C@@H](C)C(=O)C[C@@H](Cc1c[nH]c2ccccc12)C(=O)N1CCCCO1)OC)N(C)C(=O)[C@@H](CC(=O)[C@H](C(C)C)N(C)Cc1ccc(C(=O)ON2C(=O)CCC2=O)cc1)C(C)C. The number of hydrogen-bond donors (Lipinski definition) is 1. The highest BCUT2D eigenvalue weighted by molar-refractivity contribution is 6.02. The average Bonchev–Trinajstić information content (AvgIpc) is 4.16. The zero-order chi connectivity index (χ0) is 56.2. The van der Waals surface area contributed by atoms with Crippen LogP contribution in [-0.4, -0.2) is 155 Å². The second-order valence-electron chi connectivity index (χ2n) is 22.3. The molecular formula is C59H84N6O12. The van der Waals surface area contributed by atoms with Crippen LogP contribution in [0.3, 0.4) is 0 Å². The van der Waals surface area contributed by atoms with Crippen LogP contribution in [0.2, 0.25) is 0 Å². The Bertz CT molecular complexity index is 2520. The van der Waals surface area contributed by atoms with E-state index in [0.717, 1.165) is 34.9 Å². The lowest BCUT2D eigenvalue weighted by Gasteiger charge is -2.41. The van der Waals surface area contributed by atoms with Gasteiger partial charge in [0.2, 0.25) is 17.7 Å². The largest absolute Gasteiger partial charge is 0.379 e. The topological polar surface area (TPSA) is 205 Å². The number of ketones is 2. The smallest absolute Gasteiger partial charge is 0.363 e. The first-order valence-electron chi connectivity index (χ1n) is 27.7. The highest BCUT2D eigenvalue weighted by Gasteiger charge is 2.44. The maximum Gasteiger partial charge on any atom is 0.363 e. The summed E-state index contributed by atoms with van der Waals surface area (Å²) < 4.78 is 12.3. The summed E-state index contributed by atoms with van der Waals surface area (Å²) in [6.07, 6.45) is 4.55. The lowest BCUT2D eigenvalue weighted by Crippen LogP contribution is -2.54. The number of amides is 5. The molecule has 18 nitrogen and oxygen atoms in total. The third-order valence-corrected chi connectivity index (χ3v) is 16.3. The Labute approximate surface area is 454 Å². The number of likely N-dealkylation sites (tertiary alicyclic amines) is 1. The first kappa shape index (κ1) is 60.4. The number of fused-ring (bicyclic) bond motifs is 1. The normalized spacial score (nSPS) is 19.4. The van der Waals surface area contributed by atoms with Crippen LogP contribution < -0.4 is 0 Å². The van der Waals surface area contributed by atoms with Gasteiger partial charge in [0, 0.05) is 95.5 Å². The van der Waals surface area contributed by atoms with Gasteiger partial charge in [0.25, 0.3) is 11.8 Å². The van der Waals surface area contributed by atoms with Crippen molar-refractivity contribution in [1.82, 2.24) is 29.8 Å². The Morgan fingerprint density at radius 1 is 0.805 bits per heavy atom. The van der Waals surface area contributed by atoms with Crippen molar-refractivity contribution >= 4 is 58.0 Å². The number of likely N-dealkylation sites (N-methyl/N-ethyl adjacent to an activating group) is 2. The number of imide groups is 1. The van der Waals surface area contributed by atoms with Crippen molar-refractivity contribution < 1.29 is 57.5 Å².